The van der Waals surface area contributed by atoms with E-state index in [-0.39, 0.29) is 0 Å². The number of nitrogen functional groups attached to an aromatic ring is 1. The molecule has 9 nitrogen and oxygen atoms in total. The highest BCUT2D eigenvalue weighted by atomic mass is 32.2. The van der Waals surface area contributed by atoms with E-state index in [1.807, 2.05) is 37.3 Å². The molecule has 4 heterocycles. The van der Waals surface area contributed by atoms with E-state index >= 15 is 0 Å². The summed E-state index contributed by atoms with van der Waals surface area (Å²) in [6.07, 6.45) is 3.35. The van der Waals surface area contributed by atoms with Gasteiger partial charge in [-0.15, -0.1) is 20.4 Å². The van der Waals surface area contributed by atoms with Crippen molar-refractivity contribution in [3.05, 3.63) is 48.3 Å². The van der Waals surface area contributed by atoms with Crippen LogP contribution in [0.2, 0.25) is 0 Å². The average molecular weight is 376 g/mol. The van der Waals surface area contributed by atoms with E-state index in [0.717, 1.165) is 22.2 Å². The van der Waals surface area contributed by atoms with Gasteiger partial charge in [-0.3, -0.25) is 9.38 Å². The van der Waals surface area contributed by atoms with Crippen LogP contribution in [0, 0.1) is 6.92 Å². The molecule has 0 aliphatic carbocycles. The lowest BCUT2D eigenvalue weighted by atomic mass is 10.2. The van der Waals surface area contributed by atoms with Gasteiger partial charge in [-0.25, -0.2) is 4.98 Å². The third kappa shape index (κ3) is 2.66. The maximum absolute atomic E-state index is 6.03. The molecule has 0 atom stereocenters. The molecule has 0 aliphatic rings. The van der Waals surface area contributed by atoms with Crippen molar-refractivity contribution < 1.29 is 4.42 Å². The summed E-state index contributed by atoms with van der Waals surface area (Å²) in [5, 5.41) is 17.2. The van der Waals surface area contributed by atoms with Gasteiger partial charge in [0.1, 0.15) is 0 Å². The molecule has 1 aromatic carbocycles. The maximum atomic E-state index is 6.03. The van der Waals surface area contributed by atoms with E-state index in [2.05, 4.69) is 30.4 Å². The topological polar surface area (TPSA) is 121 Å². The number of pyridine rings is 1. The number of hydrogen-bond donors (Lipinski definition) is 1. The van der Waals surface area contributed by atoms with E-state index in [4.69, 9.17) is 10.2 Å². The predicted molar refractivity (Wildman–Crippen MR) is 99.1 cm³/mol. The van der Waals surface area contributed by atoms with Gasteiger partial charge in [-0.2, -0.15) is 0 Å². The van der Waals surface area contributed by atoms with Gasteiger partial charge in [0.15, 0.2) is 10.7 Å². The van der Waals surface area contributed by atoms with Crippen LogP contribution in [-0.2, 0) is 0 Å². The van der Waals surface area contributed by atoms with Crippen molar-refractivity contribution in [1.29, 1.82) is 0 Å². The number of rotatable bonds is 3. The zero-order valence-corrected chi connectivity index (χ0v) is 14.9. The molecule has 0 spiro atoms. The van der Waals surface area contributed by atoms with Crippen molar-refractivity contribution in [3.8, 4) is 11.5 Å². The van der Waals surface area contributed by atoms with Crippen LogP contribution in [0.1, 0.15) is 5.56 Å². The van der Waals surface area contributed by atoms with Crippen LogP contribution in [0.5, 0.6) is 0 Å². The van der Waals surface area contributed by atoms with Crippen LogP contribution in [0.25, 0.3) is 28.1 Å². The summed E-state index contributed by atoms with van der Waals surface area (Å²) in [7, 11) is 0. The summed E-state index contributed by atoms with van der Waals surface area (Å²) in [6.45, 7) is 2.01. The number of anilines is 1. The zero-order valence-electron chi connectivity index (χ0n) is 14.1. The van der Waals surface area contributed by atoms with Gasteiger partial charge in [0.25, 0.3) is 5.22 Å². The second-order valence-electron chi connectivity index (χ2n) is 5.84. The summed E-state index contributed by atoms with van der Waals surface area (Å²) in [4.78, 5) is 8.74. The number of benzene rings is 1. The van der Waals surface area contributed by atoms with Gasteiger partial charge < -0.3 is 10.2 Å². The van der Waals surface area contributed by atoms with Crippen molar-refractivity contribution in [2.45, 2.75) is 17.2 Å². The van der Waals surface area contributed by atoms with E-state index in [9.17, 15) is 0 Å². The Morgan fingerprint density at radius 2 is 2.04 bits per heavy atom. The summed E-state index contributed by atoms with van der Waals surface area (Å²) in [5.74, 6) is 0.686. The van der Waals surface area contributed by atoms with Crippen molar-refractivity contribution in [2.24, 2.45) is 0 Å². The number of aromatic nitrogens is 7. The minimum absolute atomic E-state index is 0.298. The number of nitrogens with zero attached hydrogens (tertiary/aromatic N) is 7. The van der Waals surface area contributed by atoms with Crippen LogP contribution in [0.3, 0.4) is 0 Å². The van der Waals surface area contributed by atoms with Gasteiger partial charge in [0, 0.05) is 12.4 Å². The molecule has 2 N–H and O–H groups in total. The molecule has 5 aromatic rings. The van der Waals surface area contributed by atoms with Gasteiger partial charge in [-0.1, -0.05) is 6.07 Å². The minimum Gasteiger partial charge on any atom is -0.411 e. The Morgan fingerprint density at radius 3 is 2.89 bits per heavy atom. The molecule has 0 aliphatic heterocycles. The van der Waals surface area contributed by atoms with E-state index in [1.54, 1.807) is 16.8 Å². The van der Waals surface area contributed by atoms with Gasteiger partial charge in [0.2, 0.25) is 11.8 Å². The fraction of sp³-hybridized carbons (Fsp3) is 0.0588. The van der Waals surface area contributed by atoms with Crippen molar-refractivity contribution in [1.82, 2.24) is 34.8 Å². The number of aryl methyl sites for hydroxylation is 1. The fourth-order valence-electron chi connectivity index (χ4n) is 2.75. The Hall–Kier alpha value is -3.53. The van der Waals surface area contributed by atoms with Crippen molar-refractivity contribution in [2.75, 3.05) is 5.73 Å². The molecule has 132 valence electrons. The van der Waals surface area contributed by atoms with Gasteiger partial charge in [0.05, 0.1) is 16.6 Å². The van der Waals surface area contributed by atoms with Crippen LogP contribution in [0.15, 0.2) is 57.4 Å². The Balaban J connectivity index is 1.61. The zero-order chi connectivity index (χ0) is 18.4. The third-order valence-corrected chi connectivity index (χ3v) is 4.78. The molecule has 0 unspecified atom stereocenters. The first-order valence-corrected chi connectivity index (χ1v) is 8.83. The molecule has 5 rings (SSSR count). The Bertz CT molecular complexity index is 1280. The average Bonchev–Trinajstić information content (AvgIpc) is 3.30. The first kappa shape index (κ1) is 15.7. The highest BCUT2D eigenvalue weighted by Gasteiger charge is 2.18. The molecule has 0 bridgehead atoms. The lowest BCUT2D eigenvalue weighted by Gasteiger charge is -2.06. The highest BCUT2D eigenvalue weighted by Crippen LogP contribution is 2.32. The van der Waals surface area contributed by atoms with Crippen LogP contribution in [-0.4, -0.2) is 34.8 Å². The second kappa shape index (κ2) is 6.02. The smallest absolute Gasteiger partial charge is 0.283 e. The summed E-state index contributed by atoms with van der Waals surface area (Å²) < 4.78 is 7.51. The van der Waals surface area contributed by atoms with E-state index in [0.29, 0.717) is 27.7 Å². The molecule has 0 saturated carbocycles. The molecule has 0 fully saturated rings. The third-order valence-electron chi connectivity index (χ3n) is 3.97. The first-order chi connectivity index (χ1) is 13.2. The van der Waals surface area contributed by atoms with E-state index < -0.39 is 0 Å². The number of nitrogens with two attached hydrogens (primary N) is 1. The second-order valence-corrected chi connectivity index (χ2v) is 6.78. The SMILES string of the molecule is Cc1ccc2nc(Sc3nnc(-c4cccnc4)o3)c3nnc(N)n3c2c1. The van der Waals surface area contributed by atoms with E-state index in [1.165, 1.54) is 11.8 Å². The quantitative estimate of drug-likeness (QED) is 0.506. The van der Waals surface area contributed by atoms with Crippen LogP contribution >= 0.6 is 11.8 Å². The summed E-state index contributed by atoms with van der Waals surface area (Å²) in [6, 6.07) is 9.58. The summed E-state index contributed by atoms with van der Waals surface area (Å²) in [5.41, 5.74) is 10.0. The van der Waals surface area contributed by atoms with Gasteiger partial charge >= 0.3 is 0 Å². The minimum atomic E-state index is 0.298. The Morgan fingerprint density at radius 1 is 1.11 bits per heavy atom. The molecule has 0 radical (unpaired) electrons. The standard InChI is InChI=1S/C17H12N8OS/c1-9-4-5-11-12(7-9)25-13(21-23-16(25)18)15(20-11)27-17-24-22-14(26-17)10-3-2-6-19-8-10/h2-8H,1H3,(H2,18,23). The lowest BCUT2D eigenvalue weighted by molar-refractivity contribution is 0.465. The van der Waals surface area contributed by atoms with Crippen molar-refractivity contribution >= 4 is 34.4 Å². The maximum Gasteiger partial charge on any atom is 0.283 e. The predicted octanol–water partition coefficient (Wildman–Crippen LogP) is 2.76. The molecule has 4 aromatic heterocycles. The van der Waals surface area contributed by atoms with Crippen LogP contribution < -0.4 is 5.73 Å². The molecule has 0 saturated heterocycles. The normalized spacial score (nSPS) is 11.4. The fourth-order valence-corrected chi connectivity index (χ4v) is 3.48. The monoisotopic (exact) mass is 376 g/mol. The first-order valence-electron chi connectivity index (χ1n) is 8.02. The lowest BCUT2D eigenvalue weighted by Crippen LogP contribution is -1.99. The molecule has 10 heteroatoms. The number of hydrogen-bond acceptors (Lipinski definition) is 9. The highest BCUT2D eigenvalue weighted by molar-refractivity contribution is 7.99. The molecular weight excluding hydrogens is 364 g/mol. The molecule has 0 amide bonds. The molecular formula is C17H12N8OS. The largest absolute Gasteiger partial charge is 0.411 e. The van der Waals surface area contributed by atoms with Crippen LogP contribution in [0.4, 0.5) is 5.95 Å². The van der Waals surface area contributed by atoms with Crippen molar-refractivity contribution in [3.63, 3.8) is 0 Å². The molecule has 27 heavy (non-hydrogen) atoms. The number of fused-ring (bicyclic) bond motifs is 3. The Kier molecular flexibility index (Phi) is 3.50. The summed E-state index contributed by atoms with van der Waals surface area (Å²) >= 11 is 1.21. The van der Waals surface area contributed by atoms with Gasteiger partial charge in [-0.05, 0) is 48.5 Å². The Labute approximate surface area is 156 Å².